The normalized spacial score (nSPS) is 18.7. The van der Waals surface area contributed by atoms with Crippen LogP contribution in [0.15, 0.2) is 0 Å². The summed E-state index contributed by atoms with van der Waals surface area (Å²) < 4.78 is 0. The van der Waals surface area contributed by atoms with Crippen LogP contribution >= 0.6 is 11.8 Å². The lowest BCUT2D eigenvalue weighted by Gasteiger charge is -2.19. The second-order valence-corrected chi connectivity index (χ2v) is 6.88. The van der Waals surface area contributed by atoms with Crippen molar-refractivity contribution in [3.63, 3.8) is 0 Å². The van der Waals surface area contributed by atoms with Gasteiger partial charge in [-0.15, -0.1) is 11.8 Å². The fourth-order valence-corrected chi connectivity index (χ4v) is 3.33. The molecule has 0 aromatic carbocycles. The van der Waals surface area contributed by atoms with Gasteiger partial charge >= 0.3 is 23.9 Å². The van der Waals surface area contributed by atoms with Crippen LogP contribution in [0.25, 0.3) is 0 Å². The van der Waals surface area contributed by atoms with Gasteiger partial charge in [0.15, 0.2) is 0 Å². The van der Waals surface area contributed by atoms with E-state index in [-0.39, 0.29) is 18.6 Å². The van der Waals surface area contributed by atoms with Gasteiger partial charge in [0, 0.05) is 25.6 Å². The van der Waals surface area contributed by atoms with E-state index >= 15 is 0 Å². The summed E-state index contributed by atoms with van der Waals surface area (Å²) in [5.41, 5.74) is 0. The van der Waals surface area contributed by atoms with E-state index in [1.54, 1.807) is 0 Å². The fraction of sp³-hybridized carbons (Fsp3) is 0.571. The number of amides is 4. The van der Waals surface area contributed by atoms with Crippen molar-refractivity contribution >= 4 is 47.5 Å². The van der Waals surface area contributed by atoms with Crippen LogP contribution in [-0.4, -0.2) is 86.1 Å². The van der Waals surface area contributed by atoms with Crippen LogP contribution in [0.1, 0.15) is 19.3 Å². The molecule has 5 N–H and O–H groups in total. The average molecular weight is 405 g/mol. The Balaban J connectivity index is 2.60. The highest BCUT2D eigenvalue weighted by Crippen LogP contribution is 2.24. The van der Waals surface area contributed by atoms with Gasteiger partial charge in [0.05, 0.1) is 5.25 Å². The SMILES string of the molecule is CN1C(=O)CC(SC[C@H](NC(=O)N[C@@H](CCC(=O)O)C(=O)O)C(=O)O)C1=O. The Labute approximate surface area is 157 Å². The van der Waals surface area contributed by atoms with Crippen molar-refractivity contribution in [2.24, 2.45) is 0 Å². The molecular weight excluding hydrogens is 386 g/mol. The first kappa shape index (κ1) is 22.2. The Morgan fingerprint density at radius 2 is 1.67 bits per heavy atom. The molecule has 0 saturated carbocycles. The predicted molar refractivity (Wildman–Crippen MR) is 90.0 cm³/mol. The molecule has 27 heavy (non-hydrogen) atoms. The number of carbonyl (C=O) groups is 6. The van der Waals surface area contributed by atoms with Crippen LogP contribution in [0.3, 0.4) is 0 Å². The monoisotopic (exact) mass is 405 g/mol. The lowest BCUT2D eigenvalue weighted by atomic mass is 10.1. The molecule has 13 heteroatoms. The van der Waals surface area contributed by atoms with E-state index in [0.717, 1.165) is 16.7 Å². The van der Waals surface area contributed by atoms with Gasteiger partial charge in [-0.2, -0.15) is 0 Å². The van der Waals surface area contributed by atoms with E-state index in [0.29, 0.717) is 0 Å². The average Bonchev–Trinajstić information content (AvgIpc) is 2.81. The van der Waals surface area contributed by atoms with Gasteiger partial charge in [-0.05, 0) is 6.42 Å². The molecule has 1 rings (SSSR count). The Hall–Kier alpha value is -2.83. The summed E-state index contributed by atoms with van der Waals surface area (Å²) in [6.07, 6.45) is -0.953. The van der Waals surface area contributed by atoms with Crippen molar-refractivity contribution in [1.29, 1.82) is 0 Å². The van der Waals surface area contributed by atoms with Gasteiger partial charge in [-0.3, -0.25) is 19.3 Å². The minimum Gasteiger partial charge on any atom is -0.481 e. The second kappa shape index (κ2) is 9.75. The molecule has 1 unspecified atom stereocenters. The van der Waals surface area contributed by atoms with Crippen molar-refractivity contribution in [2.45, 2.75) is 36.6 Å². The molecule has 12 nitrogen and oxygen atoms in total. The molecule has 4 amide bonds. The molecule has 0 aromatic heterocycles. The summed E-state index contributed by atoms with van der Waals surface area (Å²) in [6.45, 7) is 0. The van der Waals surface area contributed by atoms with E-state index in [9.17, 15) is 33.9 Å². The molecule has 0 aliphatic carbocycles. The summed E-state index contributed by atoms with van der Waals surface area (Å²) in [6, 6.07) is -4.06. The fourth-order valence-electron chi connectivity index (χ4n) is 2.12. The van der Waals surface area contributed by atoms with Crippen LogP contribution in [0.5, 0.6) is 0 Å². The van der Waals surface area contributed by atoms with E-state index in [2.05, 4.69) is 5.32 Å². The first-order valence-electron chi connectivity index (χ1n) is 7.69. The van der Waals surface area contributed by atoms with Gasteiger partial charge in [-0.25, -0.2) is 14.4 Å². The zero-order valence-corrected chi connectivity index (χ0v) is 15.0. The maximum Gasteiger partial charge on any atom is 0.327 e. The third-order valence-electron chi connectivity index (χ3n) is 3.66. The van der Waals surface area contributed by atoms with Crippen molar-refractivity contribution in [3.05, 3.63) is 0 Å². The number of urea groups is 1. The van der Waals surface area contributed by atoms with Crippen LogP contribution in [0, 0.1) is 0 Å². The summed E-state index contributed by atoms with van der Waals surface area (Å²) in [4.78, 5) is 68.8. The molecule has 1 heterocycles. The van der Waals surface area contributed by atoms with Crippen LogP contribution in [-0.2, 0) is 24.0 Å². The number of likely N-dealkylation sites (tertiary alicyclic amines) is 1. The molecule has 1 aliphatic rings. The van der Waals surface area contributed by atoms with Gasteiger partial charge in [0.1, 0.15) is 12.1 Å². The number of carbonyl (C=O) groups excluding carboxylic acids is 3. The second-order valence-electron chi connectivity index (χ2n) is 5.65. The summed E-state index contributed by atoms with van der Waals surface area (Å²) in [5.74, 6) is -5.21. The Kier molecular flexibility index (Phi) is 8.02. The third-order valence-corrected chi connectivity index (χ3v) is 4.95. The standard InChI is InChI=1S/C14H19N3O9S/c1-17-9(18)4-8(11(17)21)27-5-7(13(24)25)16-14(26)15-6(12(22)23)2-3-10(19)20/h6-8H,2-5H2,1H3,(H,19,20)(H,22,23)(H,24,25)(H2,15,16,26)/t6-,7-,8?/m0/s1. The summed E-state index contributed by atoms with van der Waals surface area (Å²) in [7, 11) is 1.31. The van der Waals surface area contributed by atoms with Crippen LogP contribution < -0.4 is 10.6 Å². The number of nitrogens with zero attached hydrogens (tertiary/aromatic N) is 1. The zero-order chi connectivity index (χ0) is 20.7. The lowest BCUT2D eigenvalue weighted by molar-refractivity contribution is -0.141. The van der Waals surface area contributed by atoms with E-state index in [1.807, 2.05) is 5.32 Å². The Bertz CT molecular complexity index is 654. The highest BCUT2D eigenvalue weighted by molar-refractivity contribution is 8.00. The van der Waals surface area contributed by atoms with Crippen molar-refractivity contribution in [2.75, 3.05) is 12.8 Å². The maximum absolute atomic E-state index is 11.8. The Morgan fingerprint density at radius 1 is 1.11 bits per heavy atom. The number of hydrogen-bond acceptors (Lipinski definition) is 7. The third kappa shape index (κ3) is 6.77. The van der Waals surface area contributed by atoms with Gasteiger partial charge < -0.3 is 26.0 Å². The van der Waals surface area contributed by atoms with Crippen molar-refractivity contribution < 1.29 is 44.1 Å². The molecule has 1 saturated heterocycles. The smallest absolute Gasteiger partial charge is 0.327 e. The molecule has 0 aromatic rings. The maximum atomic E-state index is 11.8. The molecule has 1 aliphatic heterocycles. The lowest BCUT2D eigenvalue weighted by Crippen LogP contribution is -2.52. The van der Waals surface area contributed by atoms with Crippen molar-refractivity contribution in [1.82, 2.24) is 15.5 Å². The number of carboxylic acids is 3. The summed E-state index contributed by atoms with van der Waals surface area (Å²) in [5, 5.41) is 30.0. The number of thioether (sulfide) groups is 1. The number of aliphatic carboxylic acids is 3. The van der Waals surface area contributed by atoms with Crippen LogP contribution in [0.4, 0.5) is 4.79 Å². The predicted octanol–water partition coefficient (Wildman–Crippen LogP) is -1.45. The van der Waals surface area contributed by atoms with Gasteiger partial charge in [-0.1, -0.05) is 0 Å². The molecule has 0 radical (unpaired) electrons. The number of carboxylic acid groups (broad SMARTS) is 3. The first-order chi connectivity index (χ1) is 12.5. The van der Waals surface area contributed by atoms with Crippen LogP contribution in [0.2, 0.25) is 0 Å². The van der Waals surface area contributed by atoms with E-state index in [4.69, 9.17) is 10.2 Å². The number of rotatable bonds is 10. The largest absolute Gasteiger partial charge is 0.481 e. The summed E-state index contributed by atoms with van der Waals surface area (Å²) >= 11 is 0.888. The number of imide groups is 1. The minimum absolute atomic E-state index is 0.0746. The highest BCUT2D eigenvalue weighted by Gasteiger charge is 2.37. The van der Waals surface area contributed by atoms with E-state index < -0.39 is 59.5 Å². The molecule has 0 bridgehead atoms. The highest BCUT2D eigenvalue weighted by atomic mass is 32.2. The Morgan fingerprint density at radius 3 is 2.11 bits per heavy atom. The molecule has 0 spiro atoms. The molecular formula is C14H19N3O9S. The number of hydrogen-bond donors (Lipinski definition) is 5. The molecule has 3 atom stereocenters. The van der Waals surface area contributed by atoms with E-state index in [1.165, 1.54) is 7.05 Å². The minimum atomic E-state index is -1.51. The van der Waals surface area contributed by atoms with Crippen molar-refractivity contribution in [3.8, 4) is 0 Å². The topological polar surface area (TPSA) is 190 Å². The first-order valence-corrected chi connectivity index (χ1v) is 8.74. The zero-order valence-electron chi connectivity index (χ0n) is 14.2. The molecule has 1 fully saturated rings. The van der Waals surface area contributed by atoms with Gasteiger partial charge in [0.25, 0.3) is 0 Å². The van der Waals surface area contributed by atoms with Gasteiger partial charge in [0.2, 0.25) is 11.8 Å². The molecule has 150 valence electrons. The number of nitrogens with one attached hydrogen (secondary N) is 2. The quantitative estimate of drug-likeness (QED) is 0.269.